The van der Waals surface area contributed by atoms with Gasteiger partial charge in [-0.2, -0.15) is 16.8 Å². The second-order valence-corrected chi connectivity index (χ2v) is 11.3. The average Bonchev–Trinajstić information content (AvgIpc) is 2.45. The molecule has 0 bridgehead atoms. The maximum atomic E-state index is 12.6. The minimum atomic E-state index is -5.56. The van der Waals surface area contributed by atoms with Gasteiger partial charge in [0.2, 0.25) is 9.84 Å². The summed E-state index contributed by atoms with van der Waals surface area (Å²) in [6.45, 7) is 0. The highest BCUT2D eigenvalue weighted by Crippen LogP contribution is 2.39. The monoisotopic (exact) mass is 448 g/mol. The van der Waals surface area contributed by atoms with Gasteiger partial charge in [0.05, 0.1) is 15.2 Å². The van der Waals surface area contributed by atoms with Crippen molar-refractivity contribution in [2.75, 3.05) is 0 Å². The predicted octanol–water partition coefficient (Wildman–Crippen LogP) is 1.65. The summed E-state index contributed by atoms with van der Waals surface area (Å²) in [6.07, 6.45) is 1.79. The van der Waals surface area contributed by atoms with Crippen LogP contribution < -0.4 is 0 Å². The summed E-state index contributed by atoms with van der Waals surface area (Å²) in [4.78, 5) is -1.11. The van der Waals surface area contributed by atoms with Crippen LogP contribution in [0.5, 0.6) is 0 Å². The van der Waals surface area contributed by atoms with Crippen LogP contribution in [0.2, 0.25) is 5.02 Å². The third-order valence-electron chi connectivity index (χ3n) is 3.40. The fourth-order valence-corrected chi connectivity index (χ4v) is 6.92. The molecule has 0 amide bonds. The van der Waals surface area contributed by atoms with Gasteiger partial charge in [-0.15, -0.1) is 11.6 Å². The smallest absolute Gasteiger partial charge is 0.284 e. The molecule has 0 heterocycles. The maximum Gasteiger partial charge on any atom is 0.293 e. The molecule has 0 aliphatic heterocycles. The largest absolute Gasteiger partial charge is 0.293 e. The molecule has 1 aromatic carbocycles. The van der Waals surface area contributed by atoms with Gasteiger partial charge in [0.1, 0.15) is 0 Å². The molecule has 1 aliphatic rings. The molecule has 1 atom stereocenters. The number of hydrogen-bond donors (Lipinski definition) is 2. The van der Waals surface area contributed by atoms with E-state index in [-0.39, 0.29) is 16.0 Å². The summed E-state index contributed by atoms with van der Waals surface area (Å²) in [5.41, 5.74) is 0. The van der Waals surface area contributed by atoms with E-state index in [0.717, 1.165) is 24.3 Å². The molecule has 0 saturated heterocycles. The summed E-state index contributed by atoms with van der Waals surface area (Å²) in [6, 6.07) is 4.73. The third-order valence-corrected chi connectivity index (χ3v) is 9.79. The Balaban J connectivity index is 2.79. The normalized spacial score (nSPS) is 21.0. The quantitative estimate of drug-likeness (QED) is 0.522. The molecule has 0 saturated carbocycles. The van der Waals surface area contributed by atoms with Gasteiger partial charge >= 0.3 is 0 Å². The standard InChI is InChI=1S/C12H10Cl2O8S3/c13-8-1-3-9(4-2-8)23(15,16)10-5-6-11(14)12(7-10,24(17,18)19)25(20,21)22/h1-7,11H,(H,17,18,19)(H,20,21,22). The Morgan fingerprint density at radius 2 is 1.40 bits per heavy atom. The van der Waals surface area contributed by atoms with Crippen LogP contribution in [0, 0.1) is 0 Å². The molecule has 1 aromatic rings. The highest BCUT2D eigenvalue weighted by atomic mass is 35.5. The number of alkyl halides is 1. The minimum absolute atomic E-state index is 0.194. The number of sulfone groups is 1. The number of rotatable bonds is 4. The zero-order chi connectivity index (χ0) is 19.3. The lowest BCUT2D eigenvalue weighted by Gasteiger charge is -2.30. The van der Waals surface area contributed by atoms with Crippen LogP contribution in [0.3, 0.4) is 0 Å². The maximum absolute atomic E-state index is 12.6. The Bertz CT molecular complexity index is 1040. The molecule has 2 N–H and O–H groups in total. The predicted molar refractivity (Wildman–Crippen MR) is 91.3 cm³/mol. The van der Waals surface area contributed by atoms with Crippen LogP contribution in [0.1, 0.15) is 0 Å². The van der Waals surface area contributed by atoms with Crippen molar-refractivity contribution in [1.82, 2.24) is 0 Å². The second-order valence-electron chi connectivity index (χ2n) is 4.94. The van der Waals surface area contributed by atoms with E-state index in [1.807, 2.05) is 0 Å². The van der Waals surface area contributed by atoms with Gasteiger partial charge in [0, 0.05) is 5.02 Å². The number of hydrogen-bond acceptors (Lipinski definition) is 6. The number of benzene rings is 1. The molecule has 2 rings (SSSR count). The number of allylic oxidation sites excluding steroid dienone is 2. The summed E-state index contributed by atoms with van der Waals surface area (Å²) in [5, 5.41) is -1.74. The fourth-order valence-electron chi connectivity index (χ4n) is 2.12. The first-order valence-corrected chi connectivity index (χ1v) is 11.4. The molecule has 0 aromatic heterocycles. The molecule has 0 fully saturated rings. The Morgan fingerprint density at radius 3 is 1.84 bits per heavy atom. The topological polar surface area (TPSA) is 143 Å². The zero-order valence-electron chi connectivity index (χ0n) is 11.9. The van der Waals surface area contributed by atoms with Gasteiger partial charge in [0.15, 0.2) is 0 Å². The van der Waals surface area contributed by atoms with Crippen molar-refractivity contribution < 1.29 is 34.4 Å². The van der Waals surface area contributed by atoms with Gasteiger partial charge in [0.25, 0.3) is 24.3 Å². The van der Waals surface area contributed by atoms with Gasteiger partial charge < -0.3 is 0 Å². The molecule has 138 valence electrons. The molecule has 25 heavy (non-hydrogen) atoms. The molecule has 0 radical (unpaired) electrons. The van der Waals surface area contributed by atoms with Crippen molar-refractivity contribution in [3.05, 3.63) is 52.4 Å². The van der Waals surface area contributed by atoms with Gasteiger partial charge in [-0.05, 0) is 36.4 Å². The third kappa shape index (κ3) is 3.37. The molecule has 0 spiro atoms. The van der Waals surface area contributed by atoms with E-state index < -0.39 is 44.4 Å². The SMILES string of the molecule is O=S(=O)(C1=CC(S(=O)(=O)O)(S(=O)(=O)O)C(Cl)C=C1)c1ccc(Cl)cc1. The van der Waals surface area contributed by atoms with E-state index in [0.29, 0.717) is 0 Å². The summed E-state index contributed by atoms with van der Waals surface area (Å²) < 4.78 is 87.0. The zero-order valence-corrected chi connectivity index (χ0v) is 15.9. The first-order valence-electron chi connectivity index (χ1n) is 6.23. The van der Waals surface area contributed by atoms with E-state index >= 15 is 0 Å². The first-order chi connectivity index (χ1) is 11.2. The van der Waals surface area contributed by atoms with Crippen molar-refractivity contribution in [2.45, 2.75) is 14.4 Å². The summed E-state index contributed by atoms with van der Waals surface area (Å²) in [7, 11) is -15.5. The number of halogens is 2. The molecule has 8 nitrogen and oxygen atoms in total. The lowest BCUT2D eigenvalue weighted by molar-refractivity contribution is 0.438. The van der Waals surface area contributed by atoms with Gasteiger partial charge in [-0.1, -0.05) is 17.7 Å². The Morgan fingerprint density at radius 1 is 0.920 bits per heavy atom. The first kappa shape index (κ1) is 20.4. The lowest BCUT2D eigenvalue weighted by atomic mass is 10.2. The van der Waals surface area contributed by atoms with Crippen molar-refractivity contribution >= 4 is 53.3 Å². The molecular weight excluding hydrogens is 439 g/mol. The van der Waals surface area contributed by atoms with E-state index in [4.69, 9.17) is 23.2 Å². The minimum Gasteiger partial charge on any atom is -0.284 e. The van der Waals surface area contributed by atoms with Crippen molar-refractivity contribution in [3.8, 4) is 0 Å². The van der Waals surface area contributed by atoms with Crippen LogP contribution >= 0.6 is 23.2 Å². The van der Waals surface area contributed by atoms with Crippen LogP contribution in [0.4, 0.5) is 0 Å². The molecule has 1 unspecified atom stereocenters. The summed E-state index contributed by atoms with van der Waals surface area (Å²) >= 11 is 11.3. The highest BCUT2D eigenvalue weighted by Gasteiger charge is 2.59. The molecule has 13 heteroatoms. The van der Waals surface area contributed by atoms with Crippen LogP contribution in [0.25, 0.3) is 0 Å². The van der Waals surface area contributed by atoms with Crippen molar-refractivity contribution in [3.63, 3.8) is 0 Å². The average molecular weight is 449 g/mol. The van der Waals surface area contributed by atoms with Crippen LogP contribution in [-0.4, -0.2) is 43.8 Å². The van der Waals surface area contributed by atoms with E-state index in [9.17, 15) is 34.4 Å². The van der Waals surface area contributed by atoms with Crippen LogP contribution in [-0.2, 0) is 30.1 Å². The Hall–Kier alpha value is -0.950. The molecule has 1 aliphatic carbocycles. The lowest BCUT2D eigenvalue weighted by Crippen LogP contribution is -2.52. The van der Waals surface area contributed by atoms with Crippen LogP contribution in [0.15, 0.2) is 52.3 Å². The summed E-state index contributed by atoms with van der Waals surface area (Å²) in [5.74, 6) is 0. The van der Waals surface area contributed by atoms with Crippen molar-refractivity contribution in [2.24, 2.45) is 0 Å². The van der Waals surface area contributed by atoms with Gasteiger partial charge in [-0.25, -0.2) is 8.42 Å². The van der Waals surface area contributed by atoms with E-state index in [1.165, 1.54) is 12.1 Å². The fraction of sp³-hybridized carbons (Fsp3) is 0.167. The molecular formula is C12H10Cl2O8S3. The second kappa shape index (κ2) is 6.34. The highest BCUT2D eigenvalue weighted by molar-refractivity contribution is 8.06. The Labute approximate surface area is 154 Å². The van der Waals surface area contributed by atoms with E-state index in [2.05, 4.69) is 0 Å². The van der Waals surface area contributed by atoms with Gasteiger partial charge in [-0.3, -0.25) is 9.11 Å². The van der Waals surface area contributed by atoms with E-state index in [1.54, 1.807) is 0 Å². The Kier molecular flexibility index (Phi) is 5.16. The van der Waals surface area contributed by atoms with Crippen molar-refractivity contribution in [1.29, 1.82) is 0 Å².